The zero-order valence-corrected chi connectivity index (χ0v) is 12.0. The Bertz CT molecular complexity index is 594. The number of nitro benzene ring substituents is 1. The first-order valence-electron chi connectivity index (χ1n) is 6.37. The Labute approximate surface area is 117 Å². The van der Waals surface area contributed by atoms with Crippen molar-refractivity contribution >= 4 is 15.7 Å². The highest BCUT2D eigenvalue weighted by Crippen LogP contribution is 2.28. The molecule has 0 spiro atoms. The van der Waals surface area contributed by atoms with E-state index in [1.54, 1.807) is 0 Å². The Morgan fingerprint density at radius 1 is 1.30 bits per heavy atom. The molecule has 0 bridgehead atoms. The van der Waals surface area contributed by atoms with Crippen LogP contribution in [-0.4, -0.2) is 43.8 Å². The molecule has 0 aliphatic carbocycles. The van der Waals surface area contributed by atoms with Gasteiger partial charge in [0.2, 0.25) is 10.0 Å². The molecule has 1 heterocycles. The second-order valence-corrected chi connectivity index (χ2v) is 6.60. The van der Waals surface area contributed by atoms with E-state index in [0.29, 0.717) is 32.0 Å². The van der Waals surface area contributed by atoms with Gasteiger partial charge in [0, 0.05) is 25.2 Å². The lowest BCUT2D eigenvalue weighted by Gasteiger charge is -2.30. The lowest BCUT2D eigenvalue weighted by atomic mass is 10.1. The van der Waals surface area contributed by atoms with E-state index in [9.17, 15) is 18.5 Å². The number of nitrogens with zero attached hydrogens (tertiary/aromatic N) is 2. The van der Waals surface area contributed by atoms with Crippen LogP contribution in [0.2, 0.25) is 0 Å². The van der Waals surface area contributed by atoms with Crippen LogP contribution in [0.5, 0.6) is 0 Å². The van der Waals surface area contributed by atoms with Gasteiger partial charge in [-0.1, -0.05) is 12.1 Å². The smallest absolute Gasteiger partial charge is 0.289 e. The van der Waals surface area contributed by atoms with Gasteiger partial charge in [-0.05, 0) is 26.0 Å². The van der Waals surface area contributed by atoms with Gasteiger partial charge in [0.1, 0.15) is 0 Å². The van der Waals surface area contributed by atoms with E-state index in [0.717, 1.165) is 0 Å². The van der Waals surface area contributed by atoms with Crippen molar-refractivity contribution in [2.45, 2.75) is 23.8 Å². The maximum absolute atomic E-state index is 12.5. The Balaban J connectivity index is 2.30. The molecule has 1 saturated heterocycles. The van der Waals surface area contributed by atoms with E-state index >= 15 is 0 Å². The number of hydrogen-bond acceptors (Lipinski definition) is 5. The molecule has 110 valence electrons. The number of piperidine rings is 1. The molecule has 1 aromatic rings. The Morgan fingerprint density at radius 2 is 1.90 bits per heavy atom. The normalized spacial score (nSPS) is 18.1. The van der Waals surface area contributed by atoms with Crippen LogP contribution >= 0.6 is 0 Å². The number of sulfonamides is 1. The zero-order chi connectivity index (χ0) is 14.8. The van der Waals surface area contributed by atoms with Gasteiger partial charge in [0.25, 0.3) is 5.69 Å². The summed E-state index contributed by atoms with van der Waals surface area (Å²) in [7, 11) is -1.96. The molecule has 0 unspecified atom stereocenters. The summed E-state index contributed by atoms with van der Waals surface area (Å²) in [5.41, 5.74) is -0.372. The molecule has 1 aromatic carbocycles. The standard InChI is InChI=1S/C12H17N3O4S/c1-13-10-6-8-14(9-7-10)20(18,19)12-5-3-2-4-11(12)15(16)17/h2-5,10,13H,6-9H2,1H3. The van der Waals surface area contributed by atoms with Gasteiger partial charge >= 0.3 is 0 Å². The van der Waals surface area contributed by atoms with Gasteiger partial charge < -0.3 is 5.32 Å². The van der Waals surface area contributed by atoms with Crippen LogP contribution < -0.4 is 5.32 Å². The van der Waals surface area contributed by atoms with E-state index in [4.69, 9.17) is 0 Å². The summed E-state index contributed by atoms with van der Waals surface area (Å²) in [4.78, 5) is 10.1. The molecular weight excluding hydrogens is 282 g/mol. The number of benzene rings is 1. The van der Waals surface area contributed by atoms with Gasteiger partial charge in [-0.2, -0.15) is 4.31 Å². The predicted molar refractivity (Wildman–Crippen MR) is 73.9 cm³/mol. The fourth-order valence-electron chi connectivity index (χ4n) is 2.35. The summed E-state index contributed by atoms with van der Waals surface area (Å²) in [5, 5.41) is 14.1. The lowest BCUT2D eigenvalue weighted by molar-refractivity contribution is -0.387. The van der Waals surface area contributed by atoms with Gasteiger partial charge in [0.05, 0.1) is 4.92 Å². The minimum absolute atomic E-state index is 0.229. The molecule has 1 aliphatic rings. The molecule has 0 aromatic heterocycles. The van der Waals surface area contributed by atoms with E-state index in [-0.39, 0.29) is 10.6 Å². The van der Waals surface area contributed by atoms with Crippen molar-refractivity contribution in [3.8, 4) is 0 Å². The topological polar surface area (TPSA) is 92.6 Å². The summed E-state index contributed by atoms with van der Waals surface area (Å²) >= 11 is 0. The summed E-state index contributed by atoms with van der Waals surface area (Å²) < 4.78 is 26.3. The molecule has 8 heteroatoms. The molecule has 0 atom stereocenters. The third-order valence-electron chi connectivity index (χ3n) is 3.54. The van der Waals surface area contributed by atoms with Crippen molar-refractivity contribution in [1.82, 2.24) is 9.62 Å². The Morgan fingerprint density at radius 3 is 2.45 bits per heavy atom. The minimum atomic E-state index is -3.81. The van der Waals surface area contributed by atoms with Crippen molar-refractivity contribution in [2.75, 3.05) is 20.1 Å². The number of para-hydroxylation sites is 1. The molecule has 7 nitrogen and oxygen atoms in total. The number of nitrogens with one attached hydrogen (secondary N) is 1. The highest BCUT2D eigenvalue weighted by atomic mass is 32.2. The molecule has 1 aliphatic heterocycles. The average molecular weight is 299 g/mol. The Hall–Kier alpha value is -1.51. The van der Waals surface area contributed by atoms with Gasteiger partial charge in [-0.25, -0.2) is 8.42 Å². The fourth-order valence-corrected chi connectivity index (χ4v) is 3.98. The van der Waals surface area contributed by atoms with Gasteiger partial charge in [-0.15, -0.1) is 0 Å². The van der Waals surface area contributed by atoms with Crippen LogP contribution in [0.15, 0.2) is 29.2 Å². The van der Waals surface area contributed by atoms with Crippen molar-refractivity contribution < 1.29 is 13.3 Å². The fraction of sp³-hybridized carbons (Fsp3) is 0.500. The second kappa shape index (κ2) is 5.86. The highest BCUT2D eigenvalue weighted by Gasteiger charge is 2.33. The molecule has 0 radical (unpaired) electrons. The third kappa shape index (κ3) is 2.82. The van der Waals surface area contributed by atoms with Gasteiger partial charge in [-0.3, -0.25) is 10.1 Å². The van der Waals surface area contributed by atoms with Crippen molar-refractivity contribution in [1.29, 1.82) is 0 Å². The maximum Gasteiger partial charge on any atom is 0.289 e. The number of nitro groups is 1. The SMILES string of the molecule is CNC1CCN(S(=O)(=O)c2ccccc2[N+](=O)[O-])CC1. The van der Waals surface area contributed by atoms with E-state index in [1.165, 1.54) is 28.6 Å². The average Bonchev–Trinajstić information content (AvgIpc) is 2.47. The minimum Gasteiger partial charge on any atom is -0.317 e. The van der Waals surface area contributed by atoms with Crippen LogP contribution in [0.4, 0.5) is 5.69 Å². The van der Waals surface area contributed by atoms with Crippen molar-refractivity contribution in [3.63, 3.8) is 0 Å². The maximum atomic E-state index is 12.5. The van der Waals surface area contributed by atoms with Gasteiger partial charge in [0.15, 0.2) is 4.90 Å². The quantitative estimate of drug-likeness (QED) is 0.660. The zero-order valence-electron chi connectivity index (χ0n) is 11.2. The van der Waals surface area contributed by atoms with E-state index < -0.39 is 14.9 Å². The van der Waals surface area contributed by atoms with E-state index in [2.05, 4.69) is 5.32 Å². The first-order chi connectivity index (χ1) is 9.46. The molecule has 1 N–H and O–H groups in total. The summed E-state index contributed by atoms with van der Waals surface area (Å²) in [5.74, 6) is 0. The summed E-state index contributed by atoms with van der Waals surface area (Å²) in [6.45, 7) is 0.750. The predicted octanol–water partition coefficient (Wildman–Crippen LogP) is 0.967. The second-order valence-electron chi connectivity index (χ2n) is 4.69. The highest BCUT2D eigenvalue weighted by molar-refractivity contribution is 7.89. The molecule has 0 amide bonds. The molecule has 0 saturated carbocycles. The lowest BCUT2D eigenvalue weighted by Crippen LogP contribution is -2.43. The van der Waals surface area contributed by atoms with Crippen molar-refractivity contribution in [3.05, 3.63) is 34.4 Å². The molecule has 1 fully saturated rings. The number of hydrogen-bond donors (Lipinski definition) is 1. The summed E-state index contributed by atoms with van der Waals surface area (Å²) in [6, 6.07) is 5.77. The number of rotatable bonds is 4. The molecule has 20 heavy (non-hydrogen) atoms. The van der Waals surface area contributed by atoms with E-state index in [1.807, 2.05) is 7.05 Å². The first-order valence-corrected chi connectivity index (χ1v) is 7.81. The van der Waals surface area contributed by atoms with Crippen LogP contribution in [0.25, 0.3) is 0 Å². The monoisotopic (exact) mass is 299 g/mol. The third-order valence-corrected chi connectivity index (χ3v) is 5.49. The Kier molecular flexibility index (Phi) is 4.36. The van der Waals surface area contributed by atoms with Crippen LogP contribution in [0.1, 0.15) is 12.8 Å². The summed E-state index contributed by atoms with van der Waals surface area (Å²) in [6.07, 6.45) is 1.41. The molecule has 2 rings (SSSR count). The largest absolute Gasteiger partial charge is 0.317 e. The van der Waals surface area contributed by atoms with Crippen LogP contribution in [-0.2, 0) is 10.0 Å². The van der Waals surface area contributed by atoms with Crippen LogP contribution in [0, 0.1) is 10.1 Å². The van der Waals surface area contributed by atoms with Crippen molar-refractivity contribution in [2.24, 2.45) is 0 Å². The first kappa shape index (κ1) is 14.9. The molecular formula is C12H17N3O4S. The van der Waals surface area contributed by atoms with Crippen LogP contribution in [0.3, 0.4) is 0 Å².